The summed E-state index contributed by atoms with van der Waals surface area (Å²) in [7, 11) is 0. The van der Waals surface area contributed by atoms with Crippen LogP contribution in [0.5, 0.6) is 0 Å². The molecule has 1 aromatic carbocycles. The second kappa shape index (κ2) is 6.44. The first kappa shape index (κ1) is 16.0. The number of amides is 1. The van der Waals surface area contributed by atoms with Crippen LogP contribution in [-0.2, 0) is 6.54 Å². The van der Waals surface area contributed by atoms with E-state index in [1.54, 1.807) is 23.0 Å². The second-order valence-electron chi connectivity index (χ2n) is 6.03. The topological polar surface area (TPSA) is 77.1 Å². The summed E-state index contributed by atoms with van der Waals surface area (Å²) in [6.45, 7) is 4.35. The highest BCUT2D eigenvalue weighted by Crippen LogP contribution is 2.18. The number of para-hydroxylation sites is 1. The molecule has 1 N–H and O–H groups in total. The summed E-state index contributed by atoms with van der Waals surface area (Å²) in [5, 5.41) is 11.7. The summed E-state index contributed by atoms with van der Waals surface area (Å²) in [6, 6.07) is 11.7. The molecule has 3 aromatic heterocycles. The Hall–Kier alpha value is -3.48. The van der Waals surface area contributed by atoms with E-state index in [4.69, 9.17) is 0 Å². The van der Waals surface area contributed by atoms with Crippen molar-refractivity contribution in [3.8, 4) is 5.69 Å². The molecule has 4 rings (SSSR count). The Morgan fingerprint density at radius 3 is 2.77 bits per heavy atom. The van der Waals surface area contributed by atoms with Crippen LogP contribution in [0, 0.1) is 13.8 Å². The Morgan fingerprint density at radius 1 is 1.15 bits per heavy atom. The third kappa shape index (κ3) is 2.73. The first-order chi connectivity index (χ1) is 12.6. The highest BCUT2D eigenvalue weighted by Gasteiger charge is 2.16. The minimum absolute atomic E-state index is 0.204. The van der Waals surface area contributed by atoms with Gasteiger partial charge in [-0.15, -0.1) is 0 Å². The van der Waals surface area contributed by atoms with E-state index in [0.717, 1.165) is 22.6 Å². The molecule has 7 nitrogen and oxygen atoms in total. The molecule has 7 heteroatoms. The van der Waals surface area contributed by atoms with Gasteiger partial charge in [0.15, 0.2) is 5.65 Å². The van der Waals surface area contributed by atoms with Gasteiger partial charge < -0.3 is 5.32 Å². The molecule has 0 radical (unpaired) electrons. The molecule has 0 unspecified atom stereocenters. The number of fused-ring (bicyclic) bond motifs is 1. The minimum Gasteiger partial charge on any atom is -0.348 e. The molecule has 0 atom stereocenters. The number of nitrogens with one attached hydrogen (secondary N) is 1. The van der Waals surface area contributed by atoms with Gasteiger partial charge in [0.2, 0.25) is 0 Å². The lowest BCUT2D eigenvalue weighted by Crippen LogP contribution is -2.23. The van der Waals surface area contributed by atoms with E-state index in [-0.39, 0.29) is 5.91 Å². The fourth-order valence-corrected chi connectivity index (χ4v) is 3.00. The zero-order valence-electron chi connectivity index (χ0n) is 14.5. The number of nitrogens with zero attached hydrogens (tertiary/aromatic N) is 5. The standard InChI is InChI=1S/C19H18N6O/c1-13-16(14(2)25(23-13)15-7-4-3-5-8-15)11-21-19(26)17-12-22-24-10-6-9-20-18(17)24/h3-10,12H,11H2,1-2H3,(H,21,26). The van der Waals surface area contributed by atoms with Gasteiger partial charge in [0, 0.05) is 30.2 Å². The second-order valence-corrected chi connectivity index (χ2v) is 6.03. The van der Waals surface area contributed by atoms with Crippen LogP contribution in [0.1, 0.15) is 27.3 Å². The van der Waals surface area contributed by atoms with Crippen LogP contribution in [0.2, 0.25) is 0 Å². The summed E-state index contributed by atoms with van der Waals surface area (Å²) in [5.41, 5.74) is 4.90. The number of aryl methyl sites for hydroxylation is 1. The lowest BCUT2D eigenvalue weighted by molar-refractivity contribution is 0.0952. The van der Waals surface area contributed by atoms with Crippen LogP contribution in [0.3, 0.4) is 0 Å². The summed E-state index contributed by atoms with van der Waals surface area (Å²) in [4.78, 5) is 16.8. The first-order valence-electron chi connectivity index (χ1n) is 8.32. The number of carbonyl (C=O) groups excluding carboxylic acids is 1. The molecule has 26 heavy (non-hydrogen) atoms. The molecule has 0 bridgehead atoms. The quantitative estimate of drug-likeness (QED) is 0.616. The van der Waals surface area contributed by atoms with Crippen molar-refractivity contribution in [3.63, 3.8) is 0 Å². The number of rotatable bonds is 4. The fraction of sp³-hybridized carbons (Fsp3) is 0.158. The molecule has 0 saturated carbocycles. The van der Waals surface area contributed by atoms with Crippen molar-refractivity contribution in [3.05, 3.63) is 77.5 Å². The lowest BCUT2D eigenvalue weighted by atomic mass is 10.2. The molecule has 0 spiro atoms. The fourth-order valence-electron chi connectivity index (χ4n) is 3.00. The van der Waals surface area contributed by atoms with Gasteiger partial charge >= 0.3 is 0 Å². The molecule has 130 valence electrons. The van der Waals surface area contributed by atoms with Crippen molar-refractivity contribution < 1.29 is 4.79 Å². The van der Waals surface area contributed by atoms with Gasteiger partial charge in [-0.25, -0.2) is 14.2 Å². The average Bonchev–Trinajstić information content (AvgIpc) is 3.22. The molecule has 0 aliphatic rings. The van der Waals surface area contributed by atoms with E-state index in [2.05, 4.69) is 20.5 Å². The van der Waals surface area contributed by atoms with E-state index in [0.29, 0.717) is 17.8 Å². The van der Waals surface area contributed by atoms with Crippen LogP contribution >= 0.6 is 0 Å². The SMILES string of the molecule is Cc1nn(-c2ccccc2)c(C)c1CNC(=O)c1cnn2cccnc12. The summed E-state index contributed by atoms with van der Waals surface area (Å²) < 4.78 is 3.48. The number of hydrogen-bond donors (Lipinski definition) is 1. The normalized spacial score (nSPS) is 11.0. The van der Waals surface area contributed by atoms with Gasteiger partial charge in [-0.05, 0) is 32.0 Å². The minimum atomic E-state index is -0.204. The Balaban J connectivity index is 1.57. The monoisotopic (exact) mass is 346 g/mol. The molecule has 0 saturated heterocycles. The van der Waals surface area contributed by atoms with Crippen molar-refractivity contribution in [2.75, 3.05) is 0 Å². The molecular weight excluding hydrogens is 328 g/mol. The zero-order valence-corrected chi connectivity index (χ0v) is 14.5. The van der Waals surface area contributed by atoms with E-state index in [1.807, 2.05) is 48.9 Å². The largest absolute Gasteiger partial charge is 0.348 e. The van der Waals surface area contributed by atoms with Crippen LogP contribution in [0.15, 0.2) is 55.0 Å². The first-order valence-corrected chi connectivity index (χ1v) is 8.32. The number of carbonyl (C=O) groups is 1. The summed E-state index contributed by atoms with van der Waals surface area (Å²) in [5.74, 6) is -0.204. The van der Waals surface area contributed by atoms with Gasteiger partial charge in [-0.2, -0.15) is 10.2 Å². The van der Waals surface area contributed by atoms with E-state index in [1.165, 1.54) is 6.20 Å². The Kier molecular flexibility index (Phi) is 3.96. The van der Waals surface area contributed by atoms with E-state index < -0.39 is 0 Å². The van der Waals surface area contributed by atoms with Crippen molar-refractivity contribution in [1.29, 1.82) is 0 Å². The maximum Gasteiger partial charge on any atom is 0.257 e. The van der Waals surface area contributed by atoms with Crippen molar-refractivity contribution in [2.45, 2.75) is 20.4 Å². The third-order valence-corrected chi connectivity index (χ3v) is 4.39. The Labute approximate surface area is 150 Å². The van der Waals surface area contributed by atoms with Gasteiger partial charge in [-0.3, -0.25) is 4.79 Å². The Bertz CT molecular complexity index is 1080. The molecule has 0 aliphatic carbocycles. The molecule has 1 amide bonds. The van der Waals surface area contributed by atoms with Gasteiger partial charge in [0.1, 0.15) is 5.56 Å². The van der Waals surface area contributed by atoms with Crippen molar-refractivity contribution in [1.82, 2.24) is 29.7 Å². The van der Waals surface area contributed by atoms with Crippen LogP contribution in [-0.4, -0.2) is 30.3 Å². The van der Waals surface area contributed by atoms with Gasteiger partial charge in [0.25, 0.3) is 5.91 Å². The molecule has 0 aliphatic heterocycles. The predicted molar refractivity (Wildman–Crippen MR) is 97.2 cm³/mol. The maximum atomic E-state index is 12.6. The van der Waals surface area contributed by atoms with Gasteiger partial charge in [-0.1, -0.05) is 18.2 Å². The summed E-state index contributed by atoms with van der Waals surface area (Å²) >= 11 is 0. The highest BCUT2D eigenvalue weighted by atomic mass is 16.1. The number of aromatic nitrogens is 5. The van der Waals surface area contributed by atoms with Crippen molar-refractivity contribution >= 4 is 11.6 Å². The lowest BCUT2D eigenvalue weighted by Gasteiger charge is -2.06. The van der Waals surface area contributed by atoms with Crippen LogP contribution < -0.4 is 5.32 Å². The van der Waals surface area contributed by atoms with Crippen LogP contribution in [0.25, 0.3) is 11.3 Å². The van der Waals surface area contributed by atoms with E-state index in [9.17, 15) is 4.79 Å². The molecular formula is C19H18N6O. The van der Waals surface area contributed by atoms with Gasteiger partial charge in [0.05, 0.1) is 17.6 Å². The number of benzene rings is 1. The zero-order chi connectivity index (χ0) is 18.1. The van der Waals surface area contributed by atoms with Crippen molar-refractivity contribution in [2.24, 2.45) is 0 Å². The van der Waals surface area contributed by atoms with Crippen LogP contribution in [0.4, 0.5) is 0 Å². The highest BCUT2D eigenvalue weighted by molar-refractivity contribution is 5.99. The predicted octanol–water partition coefficient (Wildman–Crippen LogP) is 2.46. The molecule has 0 fully saturated rings. The maximum absolute atomic E-state index is 12.6. The third-order valence-electron chi connectivity index (χ3n) is 4.39. The summed E-state index contributed by atoms with van der Waals surface area (Å²) in [6.07, 6.45) is 4.94. The average molecular weight is 346 g/mol. The van der Waals surface area contributed by atoms with E-state index >= 15 is 0 Å². The number of hydrogen-bond acceptors (Lipinski definition) is 4. The Morgan fingerprint density at radius 2 is 1.96 bits per heavy atom. The molecule has 4 aromatic rings. The smallest absolute Gasteiger partial charge is 0.257 e. The molecule has 3 heterocycles.